The maximum absolute atomic E-state index is 4.83. The summed E-state index contributed by atoms with van der Waals surface area (Å²) in [5, 5.41) is 13.7. The number of nitrogens with zero attached hydrogens (tertiary/aromatic N) is 4. The fraction of sp³-hybridized carbons (Fsp3) is 0. The average molecular weight is 374 g/mol. The van der Waals surface area contributed by atoms with Gasteiger partial charge in [0.05, 0.1) is 5.52 Å². The Labute approximate surface area is 199 Å². The normalized spacial score (nSPS) is 10.1. The molecule has 0 aliphatic rings. The Morgan fingerprint density at radius 2 is 1.43 bits per heavy atom. The van der Waals surface area contributed by atoms with E-state index in [0.717, 1.165) is 39.2 Å². The smallest absolute Gasteiger partial charge is 0.657 e. The SMILES string of the molecule is [Li+].[Li+].[c-]1ccccc1-n1nnc2c(-c3ccccc3[N-]c3ccccc3)cccc21. The van der Waals surface area contributed by atoms with E-state index in [1.54, 1.807) is 0 Å². The number of rotatable bonds is 4. The van der Waals surface area contributed by atoms with E-state index in [0.29, 0.717) is 0 Å². The van der Waals surface area contributed by atoms with E-state index in [1.165, 1.54) is 0 Å². The van der Waals surface area contributed by atoms with Crippen molar-refractivity contribution < 1.29 is 37.7 Å². The van der Waals surface area contributed by atoms with Crippen LogP contribution in [0.25, 0.3) is 33.2 Å². The van der Waals surface area contributed by atoms with Crippen LogP contribution in [-0.4, -0.2) is 15.0 Å². The van der Waals surface area contributed by atoms with Gasteiger partial charge in [-0.25, -0.2) is 4.68 Å². The maximum Gasteiger partial charge on any atom is 1.00 e. The van der Waals surface area contributed by atoms with Gasteiger partial charge in [0, 0.05) is 5.56 Å². The Bertz CT molecular complexity index is 1240. The van der Waals surface area contributed by atoms with E-state index in [-0.39, 0.29) is 37.7 Å². The second kappa shape index (κ2) is 9.85. The summed E-state index contributed by atoms with van der Waals surface area (Å²) in [5.41, 5.74) is 6.51. The number of para-hydroxylation sites is 3. The minimum atomic E-state index is 0. The van der Waals surface area contributed by atoms with Gasteiger partial charge in [0.1, 0.15) is 5.52 Å². The fourth-order valence-corrected chi connectivity index (χ4v) is 3.30. The summed E-state index contributed by atoms with van der Waals surface area (Å²) in [4.78, 5) is 0. The second-order valence-corrected chi connectivity index (χ2v) is 6.39. The van der Waals surface area contributed by atoms with Crippen LogP contribution in [0.2, 0.25) is 0 Å². The first-order valence-corrected chi connectivity index (χ1v) is 9.08. The molecule has 6 heteroatoms. The first-order chi connectivity index (χ1) is 13.9. The minimum Gasteiger partial charge on any atom is -0.657 e. The molecule has 5 rings (SSSR count). The van der Waals surface area contributed by atoms with Gasteiger partial charge in [-0.05, 0) is 17.3 Å². The monoisotopic (exact) mass is 374 g/mol. The van der Waals surface area contributed by atoms with Crippen LogP contribution in [-0.2, 0) is 0 Å². The van der Waals surface area contributed by atoms with Crippen molar-refractivity contribution in [1.29, 1.82) is 0 Å². The van der Waals surface area contributed by atoms with Crippen molar-refractivity contribution in [3.8, 4) is 16.8 Å². The van der Waals surface area contributed by atoms with Crippen LogP contribution in [0.15, 0.2) is 97.1 Å². The van der Waals surface area contributed by atoms with E-state index in [9.17, 15) is 0 Å². The van der Waals surface area contributed by atoms with Crippen LogP contribution in [0.1, 0.15) is 0 Å². The molecule has 0 atom stereocenters. The van der Waals surface area contributed by atoms with Crippen molar-refractivity contribution in [3.63, 3.8) is 0 Å². The van der Waals surface area contributed by atoms with Crippen LogP contribution in [0, 0.1) is 6.07 Å². The van der Waals surface area contributed by atoms with Crippen molar-refractivity contribution in [1.82, 2.24) is 15.0 Å². The van der Waals surface area contributed by atoms with Crippen molar-refractivity contribution in [3.05, 3.63) is 108 Å². The van der Waals surface area contributed by atoms with E-state index in [4.69, 9.17) is 5.32 Å². The van der Waals surface area contributed by atoms with Crippen LogP contribution >= 0.6 is 0 Å². The molecule has 0 unspecified atom stereocenters. The number of hydrogen-bond acceptors (Lipinski definition) is 2. The maximum atomic E-state index is 4.83. The zero-order valence-electron chi connectivity index (χ0n) is 17.0. The van der Waals surface area contributed by atoms with Crippen LogP contribution < -0.4 is 37.7 Å². The Balaban J connectivity index is 0.00000128. The molecule has 0 bridgehead atoms. The van der Waals surface area contributed by atoms with Gasteiger partial charge in [-0.1, -0.05) is 71.9 Å². The predicted molar refractivity (Wildman–Crippen MR) is 112 cm³/mol. The molecule has 0 saturated heterocycles. The quantitative estimate of drug-likeness (QED) is 0.334. The van der Waals surface area contributed by atoms with E-state index in [2.05, 4.69) is 28.5 Å². The van der Waals surface area contributed by atoms with Gasteiger partial charge >= 0.3 is 37.7 Å². The summed E-state index contributed by atoms with van der Waals surface area (Å²) >= 11 is 0. The zero-order valence-corrected chi connectivity index (χ0v) is 17.0. The molecule has 0 spiro atoms. The molecule has 0 N–H and O–H groups in total. The first-order valence-electron chi connectivity index (χ1n) is 9.08. The van der Waals surface area contributed by atoms with Crippen LogP contribution in [0.3, 0.4) is 0 Å². The van der Waals surface area contributed by atoms with Crippen molar-refractivity contribution >= 4 is 22.4 Å². The fourth-order valence-electron chi connectivity index (χ4n) is 3.30. The summed E-state index contributed by atoms with van der Waals surface area (Å²) in [7, 11) is 0. The van der Waals surface area contributed by atoms with Gasteiger partial charge in [-0.3, -0.25) is 0 Å². The third-order valence-electron chi connectivity index (χ3n) is 4.60. The van der Waals surface area contributed by atoms with E-state index >= 15 is 0 Å². The van der Waals surface area contributed by atoms with Crippen molar-refractivity contribution in [2.45, 2.75) is 0 Å². The number of fused-ring (bicyclic) bond motifs is 1. The third kappa shape index (κ3) is 4.24. The molecule has 0 fully saturated rings. The first kappa shape index (κ1) is 22.0. The Morgan fingerprint density at radius 1 is 0.700 bits per heavy atom. The Kier molecular flexibility index (Phi) is 7.22. The summed E-state index contributed by atoms with van der Waals surface area (Å²) in [5.74, 6) is 0. The van der Waals surface area contributed by atoms with Gasteiger partial charge in [-0.2, -0.15) is 24.3 Å². The molecule has 1 heterocycles. The number of benzene rings is 4. The third-order valence-corrected chi connectivity index (χ3v) is 4.60. The molecule has 4 nitrogen and oxygen atoms in total. The molecule has 4 aromatic carbocycles. The van der Waals surface area contributed by atoms with Gasteiger partial charge in [-0.15, -0.1) is 22.5 Å². The second-order valence-electron chi connectivity index (χ2n) is 6.39. The average Bonchev–Trinajstić information content (AvgIpc) is 3.20. The molecule has 30 heavy (non-hydrogen) atoms. The predicted octanol–water partition coefficient (Wildman–Crippen LogP) is 0.233. The van der Waals surface area contributed by atoms with Crippen LogP contribution in [0.4, 0.5) is 11.4 Å². The molecular formula is C24H16Li2N4. The van der Waals surface area contributed by atoms with Crippen molar-refractivity contribution in [2.24, 2.45) is 0 Å². The van der Waals surface area contributed by atoms with E-state index in [1.807, 2.05) is 89.6 Å². The Hall–Kier alpha value is -2.73. The molecule has 0 amide bonds. The molecule has 0 aliphatic carbocycles. The summed E-state index contributed by atoms with van der Waals surface area (Å²) < 4.78 is 1.82. The largest absolute Gasteiger partial charge is 1.00 e. The van der Waals surface area contributed by atoms with Gasteiger partial charge < -0.3 is 5.32 Å². The molecule has 5 aromatic rings. The van der Waals surface area contributed by atoms with Gasteiger partial charge in [0.2, 0.25) is 0 Å². The molecule has 0 saturated carbocycles. The molecular weight excluding hydrogens is 358 g/mol. The van der Waals surface area contributed by atoms with Gasteiger partial charge in [0.15, 0.2) is 0 Å². The number of hydrogen-bond donors (Lipinski definition) is 0. The molecule has 1 aromatic heterocycles. The summed E-state index contributed by atoms with van der Waals surface area (Å²) in [6, 6.07) is 35.2. The topological polar surface area (TPSA) is 44.8 Å². The van der Waals surface area contributed by atoms with Crippen molar-refractivity contribution in [2.75, 3.05) is 0 Å². The minimum absolute atomic E-state index is 0. The summed E-state index contributed by atoms with van der Waals surface area (Å²) in [6.07, 6.45) is 0. The molecule has 0 aliphatic heterocycles. The molecule has 0 radical (unpaired) electrons. The zero-order chi connectivity index (χ0) is 18.8. The number of aromatic nitrogens is 3. The Morgan fingerprint density at radius 3 is 2.23 bits per heavy atom. The van der Waals surface area contributed by atoms with E-state index < -0.39 is 0 Å². The van der Waals surface area contributed by atoms with Gasteiger partial charge in [0.25, 0.3) is 0 Å². The van der Waals surface area contributed by atoms with Crippen LogP contribution in [0.5, 0.6) is 0 Å². The summed E-state index contributed by atoms with van der Waals surface area (Å²) in [6.45, 7) is 0. The standard InChI is InChI=1S/C24H16N4.2Li/c1-3-10-18(11-4-1)25-22-16-8-7-14-20(22)21-15-9-17-23-24(21)26-27-28(23)19-12-5-2-6-13-19;;/h1-12,14-17H;;/q-2;2*+1. The molecule has 134 valence electrons.